The Morgan fingerprint density at radius 1 is 0.947 bits per heavy atom. The Kier molecular flexibility index (Phi) is 9.66. The Hall–Kier alpha value is -3.69. The molecular weight excluding hydrogens is 526 g/mol. The van der Waals surface area contributed by atoms with E-state index in [-0.39, 0.29) is 24.4 Å². The first-order chi connectivity index (χ1) is 18.0. The van der Waals surface area contributed by atoms with Gasteiger partial charge < -0.3 is 10.2 Å². The summed E-state index contributed by atoms with van der Waals surface area (Å²) in [5.74, 6) is -1.25. The van der Waals surface area contributed by atoms with Gasteiger partial charge in [0.2, 0.25) is 21.8 Å². The lowest BCUT2D eigenvalue weighted by atomic mass is 10.0. The van der Waals surface area contributed by atoms with Crippen LogP contribution in [0.1, 0.15) is 28.4 Å². The summed E-state index contributed by atoms with van der Waals surface area (Å²) >= 11 is 6.40. The van der Waals surface area contributed by atoms with Crippen LogP contribution >= 0.6 is 11.6 Å². The molecule has 1 atom stereocenters. The second kappa shape index (κ2) is 12.7. The van der Waals surface area contributed by atoms with Gasteiger partial charge in [0, 0.05) is 30.6 Å². The number of nitrogens with one attached hydrogen (secondary N) is 1. The van der Waals surface area contributed by atoms with Crippen LogP contribution in [0.4, 0.5) is 5.69 Å². The summed E-state index contributed by atoms with van der Waals surface area (Å²) < 4.78 is 26.5. The van der Waals surface area contributed by atoms with Crippen LogP contribution in [0, 0.1) is 0 Å². The topological polar surface area (TPSA) is 104 Å². The molecule has 1 N–H and O–H groups in total. The first kappa shape index (κ1) is 28.9. The highest BCUT2D eigenvalue weighted by Gasteiger charge is 2.33. The van der Waals surface area contributed by atoms with Crippen molar-refractivity contribution in [2.75, 3.05) is 24.2 Å². The van der Waals surface area contributed by atoms with Crippen molar-refractivity contribution in [2.24, 2.45) is 0 Å². The molecule has 0 spiro atoms. The fourth-order valence-corrected chi connectivity index (χ4v) is 5.06. The molecule has 0 saturated heterocycles. The number of amides is 2. The number of Topliss-reactive ketones (excluding diaryl/α,β-unsaturated/α-hetero) is 1. The lowest BCUT2D eigenvalue weighted by molar-refractivity contribution is -0.139. The number of anilines is 1. The van der Waals surface area contributed by atoms with Crippen molar-refractivity contribution in [3.63, 3.8) is 0 Å². The molecule has 3 rings (SSSR count). The van der Waals surface area contributed by atoms with Crippen molar-refractivity contribution in [2.45, 2.75) is 25.9 Å². The summed E-state index contributed by atoms with van der Waals surface area (Å²) in [5.41, 5.74) is 1.91. The van der Waals surface area contributed by atoms with Crippen LogP contribution < -0.4 is 9.62 Å². The van der Waals surface area contributed by atoms with Crippen molar-refractivity contribution in [3.8, 4) is 0 Å². The predicted octanol–water partition coefficient (Wildman–Crippen LogP) is 3.69. The zero-order valence-electron chi connectivity index (χ0n) is 21.4. The standard InChI is InChI=1S/C28H30ClN3O5S/c1-20(33)22-13-9-14-24(17-22)32(38(3,36)37)19-27(34)31(18-23-12-7-8-15-25(23)29)26(28(35)30-2)16-21-10-5-4-6-11-21/h4-15,17,26H,16,18-19H2,1-3H3,(H,30,35)/t26-/m1/s1. The molecule has 0 bridgehead atoms. The Bertz CT molecular complexity index is 1410. The lowest BCUT2D eigenvalue weighted by Crippen LogP contribution is -2.52. The van der Waals surface area contributed by atoms with Gasteiger partial charge >= 0.3 is 0 Å². The molecule has 0 saturated carbocycles. The minimum Gasteiger partial charge on any atom is -0.357 e. The molecule has 0 aromatic heterocycles. The normalized spacial score (nSPS) is 11.9. The quantitative estimate of drug-likeness (QED) is 0.363. The largest absolute Gasteiger partial charge is 0.357 e. The molecule has 200 valence electrons. The maximum Gasteiger partial charge on any atom is 0.244 e. The summed E-state index contributed by atoms with van der Waals surface area (Å²) in [6, 6.07) is 21.3. The van der Waals surface area contributed by atoms with Crippen molar-refractivity contribution in [1.82, 2.24) is 10.2 Å². The van der Waals surface area contributed by atoms with Crippen LogP contribution in [-0.4, -0.2) is 56.8 Å². The molecule has 0 unspecified atom stereocenters. The van der Waals surface area contributed by atoms with Gasteiger partial charge in [0.1, 0.15) is 12.6 Å². The first-order valence-electron chi connectivity index (χ1n) is 11.9. The van der Waals surface area contributed by atoms with Gasteiger partial charge in [-0.15, -0.1) is 0 Å². The molecule has 8 nitrogen and oxygen atoms in total. The smallest absolute Gasteiger partial charge is 0.244 e. The van der Waals surface area contributed by atoms with E-state index in [4.69, 9.17) is 11.6 Å². The van der Waals surface area contributed by atoms with Gasteiger partial charge in [-0.3, -0.25) is 18.7 Å². The van der Waals surface area contributed by atoms with Crippen molar-refractivity contribution < 1.29 is 22.8 Å². The number of halogens is 1. The van der Waals surface area contributed by atoms with Gasteiger partial charge in [-0.05, 0) is 36.2 Å². The molecule has 0 radical (unpaired) electrons. The second-order valence-electron chi connectivity index (χ2n) is 8.81. The Balaban J connectivity index is 2.05. The van der Waals surface area contributed by atoms with Crippen molar-refractivity contribution in [3.05, 3.63) is 101 Å². The maximum atomic E-state index is 13.9. The first-order valence-corrected chi connectivity index (χ1v) is 14.1. The van der Waals surface area contributed by atoms with Crippen LogP contribution in [0.3, 0.4) is 0 Å². The summed E-state index contributed by atoms with van der Waals surface area (Å²) in [6.45, 7) is 0.777. The van der Waals surface area contributed by atoms with Crippen LogP contribution in [0.5, 0.6) is 0 Å². The van der Waals surface area contributed by atoms with Gasteiger partial charge in [0.05, 0.1) is 11.9 Å². The molecule has 10 heteroatoms. The monoisotopic (exact) mass is 555 g/mol. The number of carbonyl (C=O) groups is 3. The Morgan fingerprint density at radius 3 is 2.21 bits per heavy atom. The number of hydrogen-bond donors (Lipinski definition) is 1. The summed E-state index contributed by atoms with van der Waals surface area (Å²) in [5, 5.41) is 3.03. The average molecular weight is 556 g/mol. The fraction of sp³-hybridized carbons (Fsp3) is 0.250. The van der Waals surface area contributed by atoms with Crippen LogP contribution in [0.2, 0.25) is 5.02 Å². The molecule has 0 aliphatic rings. The molecule has 2 amide bonds. The molecule has 0 aliphatic carbocycles. The number of nitrogens with zero attached hydrogens (tertiary/aromatic N) is 2. The number of sulfonamides is 1. The predicted molar refractivity (Wildman–Crippen MR) is 149 cm³/mol. The van der Waals surface area contributed by atoms with E-state index in [0.717, 1.165) is 16.1 Å². The minimum atomic E-state index is -3.93. The molecule has 0 aliphatic heterocycles. The Morgan fingerprint density at radius 2 is 1.61 bits per heavy atom. The summed E-state index contributed by atoms with van der Waals surface area (Å²) in [6.07, 6.45) is 1.19. The van der Waals surface area contributed by atoms with Gasteiger partial charge in [-0.2, -0.15) is 0 Å². The van der Waals surface area contributed by atoms with E-state index in [1.807, 2.05) is 30.3 Å². The molecule has 0 heterocycles. The third-order valence-electron chi connectivity index (χ3n) is 6.04. The van der Waals surface area contributed by atoms with E-state index in [9.17, 15) is 22.8 Å². The third kappa shape index (κ3) is 7.43. The zero-order chi connectivity index (χ0) is 27.9. The van der Waals surface area contributed by atoms with E-state index in [0.29, 0.717) is 16.1 Å². The van der Waals surface area contributed by atoms with Crippen LogP contribution in [0.25, 0.3) is 0 Å². The van der Waals surface area contributed by atoms with E-state index < -0.39 is 34.4 Å². The highest BCUT2D eigenvalue weighted by atomic mass is 35.5. The maximum absolute atomic E-state index is 13.9. The molecular formula is C28H30ClN3O5S. The number of rotatable bonds is 11. The van der Waals surface area contributed by atoms with Crippen LogP contribution in [0.15, 0.2) is 78.9 Å². The highest BCUT2D eigenvalue weighted by molar-refractivity contribution is 7.92. The molecule has 0 fully saturated rings. The third-order valence-corrected chi connectivity index (χ3v) is 7.55. The lowest BCUT2D eigenvalue weighted by Gasteiger charge is -2.33. The summed E-state index contributed by atoms with van der Waals surface area (Å²) in [7, 11) is -2.45. The highest BCUT2D eigenvalue weighted by Crippen LogP contribution is 2.23. The van der Waals surface area contributed by atoms with Crippen molar-refractivity contribution in [1.29, 1.82) is 0 Å². The molecule has 3 aromatic carbocycles. The van der Waals surface area contributed by atoms with E-state index in [1.165, 1.54) is 31.0 Å². The van der Waals surface area contributed by atoms with Gasteiger partial charge in [0.25, 0.3) is 0 Å². The van der Waals surface area contributed by atoms with E-state index in [2.05, 4.69) is 5.32 Å². The second-order valence-corrected chi connectivity index (χ2v) is 11.1. The number of carbonyl (C=O) groups excluding carboxylic acids is 3. The molecule has 3 aromatic rings. The minimum absolute atomic E-state index is 0.0193. The van der Waals surface area contributed by atoms with Crippen molar-refractivity contribution >= 4 is 44.9 Å². The SMILES string of the molecule is CNC(=O)[C@@H](Cc1ccccc1)N(Cc1ccccc1Cl)C(=O)CN(c1cccc(C(C)=O)c1)S(C)(=O)=O. The Labute approximate surface area is 228 Å². The zero-order valence-corrected chi connectivity index (χ0v) is 23.0. The summed E-state index contributed by atoms with van der Waals surface area (Å²) in [4.78, 5) is 40.2. The number of benzene rings is 3. The fourth-order valence-electron chi connectivity index (χ4n) is 4.02. The molecule has 38 heavy (non-hydrogen) atoms. The van der Waals surface area contributed by atoms with Gasteiger partial charge in [0.15, 0.2) is 5.78 Å². The van der Waals surface area contributed by atoms with Gasteiger partial charge in [-0.25, -0.2) is 8.42 Å². The van der Waals surface area contributed by atoms with Crippen LogP contribution in [-0.2, 0) is 32.6 Å². The van der Waals surface area contributed by atoms with Gasteiger partial charge in [-0.1, -0.05) is 72.3 Å². The number of likely N-dealkylation sites (N-methyl/N-ethyl adjacent to an activating group) is 1. The van der Waals surface area contributed by atoms with E-state index >= 15 is 0 Å². The average Bonchev–Trinajstić information content (AvgIpc) is 2.89. The van der Waals surface area contributed by atoms with E-state index in [1.54, 1.807) is 36.4 Å². The number of ketones is 1. The number of hydrogen-bond acceptors (Lipinski definition) is 5.